The molecule has 1 aliphatic heterocycles. The van der Waals surface area contributed by atoms with E-state index >= 15 is 0 Å². The molecule has 3 atom stereocenters. The summed E-state index contributed by atoms with van der Waals surface area (Å²) in [6, 6.07) is -0.329. The average Bonchev–Trinajstić information content (AvgIpc) is 2.39. The summed E-state index contributed by atoms with van der Waals surface area (Å²) in [7, 11) is 0. The van der Waals surface area contributed by atoms with Gasteiger partial charge < -0.3 is 10.2 Å². The predicted molar refractivity (Wildman–Crippen MR) is 67.5 cm³/mol. The molecular weight excluding hydrogens is 216 g/mol. The van der Waals surface area contributed by atoms with Gasteiger partial charge in [-0.15, -0.1) is 0 Å². The zero-order valence-corrected chi connectivity index (χ0v) is 11.3. The van der Waals surface area contributed by atoms with Crippen LogP contribution in [0, 0.1) is 5.92 Å². The first-order valence-electron chi connectivity index (χ1n) is 6.59. The largest absolute Gasteiger partial charge is 0.344 e. The maximum absolute atomic E-state index is 12.3. The van der Waals surface area contributed by atoms with E-state index in [9.17, 15) is 9.59 Å². The van der Waals surface area contributed by atoms with E-state index in [2.05, 4.69) is 19.2 Å². The molecule has 17 heavy (non-hydrogen) atoms. The normalized spacial score (nSPS) is 27.6. The van der Waals surface area contributed by atoms with Crippen LogP contribution in [0.25, 0.3) is 0 Å². The van der Waals surface area contributed by atoms with Gasteiger partial charge in [0.05, 0.1) is 0 Å². The molecule has 1 heterocycles. The minimum absolute atomic E-state index is 0.00745. The van der Waals surface area contributed by atoms with Gasteiger partial charge in [0.25, 0.3) is 0 Å². The number of hydrogen-bond donors (Lipinski definition) is 1. The van der Waals surface area contributed by atoms with Crippen molar-refractivity contribution in [3.05, 3.63) is 0 Å². The molecule has 4 heteroatoms. The summed E-state index contributed by atoms with van der Waals surface area (Å²) in [5.41, 5.74) is 0. The van der Waals surface area contributed by atoms with Crippen LogP contribution >= 0.6 is 0 Å². The van der Waals surface area contributed by atoms with Gasteiger partial charge in [-0.3, -0.25) is 9.59 Å². The fourth-order valence-electron chi connectivity index (χ4n) is 2.12. The minimum Gasteiger partial charge on any atom is -0.344 e. The number of amides is 2. The van der Waals surface area contributed by atoms with Crippen molar-refractivity contribution in [2.45, 2.75) is 59.0 Å². The number of rotatable bonds is 4. The molecule has 0 bridgehead atoms. The SMILES string of the molecule is CCC(C)CN1C(=O)C(CC)NC(=O)CC1C. The third kappa shape index (κ3) is 3.45. The Hall–Kier alpha value is -1.06. The highest BCUT2D eigenvalue weighted by Gasteiger charge is 2.33. The molecule has 0 aromatic rings. The second kappa shape index (κ2) is 6.03. The quantitative estimate of drug-likeness (QED) is 0.810. The predicted octanol–water partition coefficient (Wildman–Crippen LogP) is 1.55. The lowest BCUT2D eigenvalue weighted by Crippen LogP contribution is -2.47. The molecule has 1 N–H and O–H groups in total. The topological polar surface area (TPSA) is 49.4 Å². The zero-order valence-electron chi connectivity index (χ0n) is 11.3. The summed E-state index contributed by atoms with van der Waals surface area (Å²) in [5, 5.41) is 2.80. The number of hydrogen-bond acceptors (Lipinski definition) is 2. The molecular formula is C13H24N2O2. The van der Waals surface area contributed by atoms with Crippen molar-refractivity contribution in [3.8, 4) is 0 Å². The molecule has 0 aromatic heterocycles. The van der Waals surface area contributed by atoms with Crippen LogP contribution in [0.2, 0.25) is 0 Å². The Bertz CT molecular complexity index is 291. The Balaban J connectivity index is 2.82. The molecule has 0 spiro atoms. The van der Waals surface area contributed by atoms with Gasteiger partial charge in [-0.05, 0) is 19.3 Å². The molecule has 3 unspecified atom stereocenters. The first kappa shape index (κ1) is 14.0. The van der Waals surface area contributed by atoms with E-state index in [1.54, 1.807) is 0 Å². The molecule has 98 valence electrons. The Kier molecular flexibility index (Phi) is 4.97. The van der Waals surface area contributed by atoms with Crippen molar-refractivity contribution >= 4 is 11.8 Å². The first-order valence-corrected chi connectivity index (χ1v) is 6.59. The average molecular weight is 240 g/mol. The third-order valence-electron chi connectivity index (χ3n) is 3.54. The fraction of sp³-hybridized carbons (Fsp3) is 0.846. The summed E-state index contributed by atoms with van der Waals surface area (Å²) < 4.78 is 0. The van der Waals surface area contributed by atoms with Crippen LogP contribution < -0.4 is 5.32 Å². The third-order valence-corrected chi connectivity index (χ3v) is 3.54. The number of nitrogens with one attached hydrogen (secondary N) is 1. The van der Waals surface area contributed by atoms with Gasteiger partial charge in [0, 0.05) is 19.0 Å². The van der Waals surface area contributed by atoms with E-state index in [0.29, 0.717) is 18.8 Å². The van der Waals surface area contributed by atoms with Crippen LogP contribution in [0.3, 0.4) is 0 Å². The van der Waals surface area contributed by atoms with Gasteiger partial charge in [0.2, 0.25) is 11.8 Å². The molecule has 2 amide bonds. The standard InChI is InChI=1S/C13H24N2O2/c1-5-9(3)8-15-10(4)7-12(16)14-11(6-2)13(15)17/h9-11H,5-8H2,1-4H3,(H,14,16). The molecule has 0 aliphatic carbocycles. The highest BCUT2D eigenvalue weighted by Crippen LogP contribution is 2.16. The van der Waals surface area contributed by atoms with Gasteiger partial charge in [0.15, 0.2) is 0 Å². The van der Waals surface area contributed by atoms with Gasteiger partial charge in [-0.1, -0.05) is 27.2 Å². The van der Waals surface area contributed by atoms with Crippen molar-refractivity contribution in [2.24, 2.45) is 5.92 Å². The first-order chi connectivity index (χ1) is 7.99. The lowest BCUT2D eigenvalue weighted by atomic mass is 10.1. The highest BCUT2D eigenvalue weighted by molar-refractivity contribution is 5.90. The van der Waals surface area contributed by atoms with Crippen molar-refractivity contribution in [2.75, 3.05) is 6.54 Å². The van der Waals surface area contributed by atoms with Crippen molar-refractivity contribution < 1.29 is 9.59 Å². The summed E-state index contributed by atoms with van der Waals surface area (Å²) in [5.74, 6) is 0.544. The van der Waals surface area contributed by atoms with Crippen molar-refractivity contribution in [3.63, 3.8) is 0 Å². The Labute approximate surface area is 104 Å². The summed E-state index contributed by atoms with van der Waals surface area (Å²) in [6.07, 6.45) is 2.13. The van der Waals surface area contributed by atoms with E-state index < -0.39 is 0 Å². The van der Waals surface area contributed by atoms with Crippen LogP contribution in [-0.2, 0) is 9.59 Å². The number of nitrogens with zero attached hydrogens (tertiary/aromatic N) is 1. The van der Waals surface area contributed by atoms with Gasteiger partial charge in [0.1, 0.15) is 6.04 Å². The van der Waals surface area contributed by atoms with Crippen LogP contribution in [0.1, 0.15) is 47.0 Å². The molecule has 1 saturated heterocycles. The van der Waals surface area contributed by atoms with Gasteiger partial charge >= 0.3 is 0 Å². The van der Waals surface area contributed by atoms with E-state index in [4.69, 9.17) is 0 Å². The van der Waals surface area contributed by atoms with Crippen LogP contribution in [0.15, 0.2) is 0 Å². The van der Waals surface area contributed by atoms with E-state index in [-0.39, 0.29) is 23.9 Å². The molecule has 1 fully saturated rings. The molecule has 0 aromatic carbocycles. The zero-order chi connectivity index (χ0) is 13.0. The Morgan fingerprint density at radius 1 is 1.41 bits per heavy atom. The van der Waals surface area contributed by atoms with E-state index in [1.165, 1.54) is 0 Å². The fourth-order valence-corrected chi connectivity index (χ4v) is 2.12. The molecule has 1 rings (SSSR count). The lowest BCUT2D eigenvalue weighted by Gasteiger charge is -2.30. The summed E-state index contributed by atoms with van der Waals surface area (Å²) >= 11 is 0. The van der Waals surface area contributed by atoms with Gasteiger partial charge in [-0.2, -0.15) is 0 Å². The number of carbonyl (C=O) groups is 2. The van der Waals surface area contributed by atoms with Gasteiger partial charge in [-0.25, -0.2) is 0 Å². The Morgan fingerprint density at radius 2 is 2.06 bits per heavy atom. The number of carbonyl (C=O) groups excluding carboxylic acids is 2. The minimum atomic E-state index is -0.337. The smallest absolute Gasteiger partial charge is 0.245 e. The second-order valence-electron chi connectivity index (χ2n) is 5.09. The molecule has 0 radical (unpaired) electrons. The summed E-state index contributed by atoms with van der Waals surface area (Å²) in [6.45, 7) is 8.90. The van der Waals surface area contributed by atoms with Crippen LogP contribution in [0.4, 0.5) is 0 Å². The maximum atomic E-state index is 12.3. The molecule has 4 nitrogen and oxygen atoms in total. The highest BCUT2D eigenvalue weighted by atomic mass is 16.2. The van der Waals surface area contributed by atoms with Crippen LogP contribution in [-0.4, -0.2) is 35.3 Å². The van der Waals surface area contributed by atoms with Crippen molar-refractivity contribution in [1.82, 2.24) is 10.2 Å². The summed E-state index contributed by atoms with van der Waals surface area (Å²) in [4.78, 5) is 25.8. The van der Waals surface area contributed by atoms with E-state index in [0.717, 1.165) is 13.0 Å². The van der Waals surface area contributed by atoms with Crippen LogP contribution in [0.5, 0.6) is 0 Å². The monoisotopic (exact) mass is 240 g/mol. The lowest BCUT2D eigenvalue weighted by molar-refractivity contribution is -0.135. The maximum Gasteiger partial charge on any atom is 0.245 e. The second-order valence-corrected chi connectivity index (χ2v) is 5.09. The van der Waals surface area contributed by atoms with E-state index in [1.807, 2.05) is 18.7 Å². The Morgan fingerprint density at radius 3 is 2.59 bits per heavy atom. The molecule has 0 saturated carbocycles. The van der Waals surface area contributed by atoms with Crippen molar-refractivity contribution in [1.29, 1.82) is 0 Å². The molecule has 1 aliphatic rings.